The monoisotopic (exact) mass is 595 g/mol. The first-order valence-corrected chi connectivity index (χ1v) is 14.3. The number of aliphatic hydroxyl groups is 1. The van der Waals surface area contributed by atoms with E-state index in [0.717, 1.165) is 30.8 Å². The van der Waals surface area contributed by atoms with E-state index in [2.05, 4.69) is 33.2 Å². The molecule has 0 radical (unpaired) electrons. The van der Waals surface area contributed by atoms with Crippen molar-refractivity contribution in [3.63, 3.8) is 0 Å². The molecule has 226 valence electrons. The van der Waals surface area contributed by atoms with Gasteiger partial charge in [0.25, 0.3) is 0 Å². The summed E-state index contributed by atoms with van der Waals surface area (Å²) >= 11 is 0. The first-order chi connectivity index (χ1) is 19.8. The Balaban J connectivity index is 0.00000405. The van der Waals surface area contributed by atoms with Gasteiger partial charge in [0, 0.05) is 56.8 Å². The average molecular weight is 596 g/mol. The zero-order valence-corrected chi connectivity index (χ0v) is 25.5. The molecule has 2 aliphatic heterocycles. The number of aromatic nitrogens is 2. The second-order valence-electron chi connectivity index (χ2n) is 11.4. The fraction of sp³-hybridized carbons (Fsp3) is 0.484. The zero-order chi connectivity index (χ0) is 28.9. The predicted molar refractivity (Wildman–Crippen MR) is 164 cm³/mol. The van der Waals surface area contributed by atoms with E-state index in [1.807, 2.05) is 24.8 Å². The third-order valence-electron chi connectivity index (χ3n) is 7.87. The molecular formula is C31H41N5O5S. The highest BCUT2D eigenvalue weighted by atomic mass is 32.1. The fourth-order valence-corrected chi connectivity index (χ4v) is 5.49. The summed E-state index contributed by atoms with van der Waals surface area (Å²) in [5.41, 5.74) is 4.25. The van der Waals surface area contributed by atoms with Crippen LogP contribution in [0, 0.1) is 12.8 Å². The third-order valence-corrected chi connectivity index (χ3v) is 7.87. The third kappa shape index (κ3) is 7.70. The Kier molecular flexibility index (Phi) is 10.6. The molecule has 3 aromatic rings. The van der Waals surface area contributed by atoms with Crippen LogP contribution >= 0.6 is 13.5 Å². The number of nitrogens with one attached hydrogen (secondary N) is 1. The molecule has 10 nitrogen and oxygen atoms in total. The largest absolute Gasteiger partial charge is 0.485 e. The van der Waals surface area contributed by atoms with Gasteiger partial charge in [-0.25, -0.2) is 9.97 Å². The minimum Gasteiger partial charge on any atom is -0.485 e. The van der Waals surface area contributed by atoms with Crippen molar-refractivity contribution in [3.05, 3.63) is 71.1 Å². The van der Waals surface area contributed by atoms with E-state index in [0.29, 0.717) is 49.8 Å². The van der Waals surface area contributed by atoms with Crippen molar-refractivity contribution in [2.24, 2.45) is 5.92 Å². The molecule has 2 N–H and O–H groups in total. The maximum absolute atomic E-state index is 12.9. The topological polar surface area (TPSA) is 121 Å². The number of benzene rings is 1. The molecule has 1 saturated heterocycles. The summed E-state index contributed by atoms with van der Waals surface area (Å²) in [6.07, 6.45) is 5.62. The van der Waals surface area contributed by atoms with Crippen LogP contribution in [0.1, 0.15) is 59.5 Å². The van der Waals surface area contributed by atoms with Gasteiger partial charge in [0.2, 0.25) is 5.91 Å². The van der Waals surface area contributed by atoms with Gasteiger partial charge in [0.15, 0.2) is 17.9 Å². The summed E-state index contributed by atoms with van der Waals surface area (Å²) in [4.78, 5) is 37.3. The Bertz CT molecular complexity index is 1360. The lowest BCUT2D eigenvalue weighted by atomic mass is 9.94. The highest BCUT2D eigenvalue weighted by molar-refractivity contribution is 7.59. The number of rotatable bonds is 12. The lowest BCUT2D eigenvalue weighted by Gasteiger charge is -2.40. The van der Waals surface area contributed by atoms with Crippen molar-refractivity contribution in [3.8, 4) is 5.75 Å². The second-order valence-corrected chi connectivity index (χ2v) is 11.4. The SMILES string of the molecule is Cc1c(OCc2cnco2)ccc2c1CCN(C[C@@H](O)CCC(=O)c1ccnc(NC3CN(C(=O)C(C)C)C3)c1)C2.S. The molecule has 2 aliphatic rings. The number of amides is 1. The van der Waals surface area contributed by atoms with E-state index in [1.165, 1.54) is 17.5 Å². The molecule has 5 rings (SSSR count). The average Bonchev–Trinajstić information content (AvgIpc) is 3.46. The zero-order valence-electron chi connectivity index (χ0n) is 24.5. The minimum absolute atomic E-state index is 0. The van der Waals surface area contributed by atoms with Crippen LogP contribution in [0.2, 0.25) is 0 Å². The molecule has 0 unspecified atom stereocenters. The van der Waals surface area contributed by atoms with Crippen LogP contribution in [0.5, 0.6) is 5.75 Å². The fourth-order valence-electron chi connectivity index (χ4n) is 5.49. The van der Waals surface area contributed by atoms with Crippen molar-refractivity contribution in [1.82, 2.24) is 19.8 Å². The summed E-state index contributed by atoms with van der Waals surface area (Å²) in [6.45, 7) is 9.62. The van der Waals surface area contributed by atoms with Gasteiger partial charge in [-0.15, -0.1) is 0 Å². The number of Topliss-reactive ketones (excluding diaryl/α,β-unsaturated/α-hetero) is 1. The van der Waals surface area contributed by atoms with Gasteiger partial charge in [-0.1, -0.05) is 19.9 Å². The number of aliphatic hydroxyl groups excluding tert-OH is 1. The Morgan fingerprint density at radius 2 is 2.05 bits per heavy atom. The molecule has 0 bridgehead atoms. The minimum atomic E-state index is -0.593. The normalized spacial score (nSPS) is 15.9. The van der Waals surface area contributed by atoms with E-state index in [9.17, 15) is 14.7 Å². The van der Waals surface area contributed by atoms with Crippen LogP contribution < -0.4 is 10.1 Å². The number of carbonyl (C=O) groups is 2. The maximum Gasteiger partial charge on any atom is 0.225 e. The standard InChI is InChI=1S/C31H39N5O5.H2S/c1-20(2)31(39)36-15-24(16-36)34-30-12-22(8-10-33-30)28(38)6-5-25(37)17-35-11-9-27-21(3)29(7-4-23(27)14-35)40-18-26-13-32-19-41-26;/h4,7-8,10,12-13,19-20,24-25,37H,5-6,9,11,14-18H2,1-3H3,(H,33,34);1H2/t25-;/m0./s1. The van der Waals surface area contributed by atoms with E-state index < -0.39 is 6.10 Å². The van der Waals surface area contributed by atoms with E-state index >= 15 is 0 Å². The van der Waals surface area contributed by atoms with Crippen LogP contribution in [0.15, 0.2) is 47.5 Å². The van der Waals surface area contributed by atoms with Gasteiger partial charge >= 0.3 is 0 Å². The highest BCUT2D eigenvalue weighted by Crippen LogP contribution is 2.30. The van der Waals surface area contributed by atoms with Crippen molar-refractivity contribution in [2.45, 2.75) is 65.3 Å². The smallest absolute Gasteiger partial charge is 0.225 e. The number of oxazole rings is 1. The Morgan fingerprint density at radius 1 is 1.24 bits per heavy atom. The van der Waals surface area contributed by atoms with Crippen LogP contribution in [0.4, 0.5) is 5.82 Å². The van der Waals surface area contributed by atoms with Crippen LogP contribution in [-0.2, 0) is 24.4 Å². The molecule has 1 amide bonds. The predicted octanol–water partition coefficient (Wildman–Crippen LogP) is 3.73. The van der Waals surface area contributed by atoms with Gasteiger partial charge in [0.05, 0.1) is 18.3 Å². The van der Waals surface area contributed by atoms with Gasteiger partial charge in [-0.05, 0) is 54.7 Å². The maximum atomic E-state index is 12.9. The van der Waals surface area contributed by atoms with Crippen molar-refractivity contribution < 1.29 is 23.8 Å². The van der Waals surface area contributed by atoms with E-state index in [4.69, 9.17) is 9.15 Å². The number of likely N-dealkylation sites (tertiary alicyclic amines) is 1. The van der Waals surface area contributed by atoms with Crippen molar-refractivity contribution in [1.29, 1.82) is 0 Å². The number of nitrogens with zero attached hydrogens (tertiary/aromatic N) is 4. The summed E-state index contributed by atoms with van der Waals surface area (Å²) in [7, 11) is 0. The number of carbonyl (C=O) groups excluding carboxylic acids is 2. The Labute approximate surface area is 253 Å². The summed E-state index contributed by atoms with van der Waals surface area (Å²) < 4.78 is 11.2. The van der Waals surface area contributed by atoms with E-state index in [1.54, 1.807) is 24.5 Å². The molecule has 2 aromatic heterocycles. The number of anilines is 1. The number of hydrogen-bond acceptors (Lipinski definition) is 9. The van der Waals surface area contributed by atoms with Crippen LogP contribution in [-0.4, -0.2) is 74.9 Å². The van der Waals surface area contributed by atoms with Gasteiger partial charge in [-0.2, -0.15) is 13.5 Å². The molecule has 0 saturated carbocycles. The summed E-state index contributed by atoms with van der Waals surface area (Å²) in [5.74, 6) is 2.29. The van der Waals surface area contributed by atoms with E-state index in [-0.39, 0.29) is 43.6 Å². The molecule has 42 heavy (non-hydrogen) atoms. The molecule has 1 aromatic carbocycles. The highest BCUT2D eigenvalue weighted by Gasteiger charge is 2.32. The number of hydrogen-bond donors (Lipinski definition) is 2. The molecule has 1 atom stereocenters. The first kappa shape index (κ1) is 31.5. The molecule has 11 heteroatoms. The number of pyridine rings is 1. The molecule has 4 heterocycles. The van der Waals surface area contributed by atoms with Gasteiger partial charge < -0.3 is 24.5 Å². The summed E-state index contributed by atoms with van der Waals surface area (Å²) in [5, 5.41) is 14.1. The van der Waals surface area contributed by atoms with Crippen LogP contribution in [0.25, 0.3) is 0 Å². The lowest BCUT2D eigenvalue weighted by molar-refractivity contribution is -0.138. The van der Waals surface area contributed by atoms with Gasteiger partial charge in [-0.3, -0.25) is 14.5 Å². The Hall–Kier alpha value is -3.41. The van der Waals surface area contributed by atoms with Crippen molar-refractivity contribution >= 4 is 31.0 Å². The Morgan fingerprint density at radius 3 is 2.79 bits per heavy atom. The lowest BCUT2D eigenvalue weighted by Crippen LogP contribution is -2.58. The van der Waals surface area contributed by atoms with Crippen molar-refractivity contribution in [2.75, 3.05) is 31.5 Å². The molecule has 0 spiro atoms. The number of fused-ring (bicyclic) bond motifs is 1. The number of ether oxygens (including phenoxy) is 1. The number of ketones is 1. The first-order valence-electron chi connectivity index (χ1n) is 14.3. The summed E-state index contributed by atoms with van der Waals surface area (Å²) in [6, 6.07) is 7.69. The molecule has 1 fully saturated rings. The second kappa shape index (κ2) is 14.2. The number of β-amino-alcohol motifs (C(OH)–C–C–N with tert-alkyl or cyclic N) is 1. The van der Waals surface area contributed by atoms with Gasteiger partial charge in [0.1, 0.15) is 18.2 Å². The molecule has 0 aliphatic carbocycles. The molecular weight excluding hydrogens is 554 g/mol. The quantitative estimate of drug-likeness (QED) is 0.302. The van der Waals surface area contributed by atoms with Crippen LogP contribution in [0.3, 0.4) is 0 Å².